The maximum Gasteiger partial charge on any atom is 0.240 e. The molecule has 0 bridgehead atoms. The number of benzene rings is 3. The van der Waals surface area contributed by atoms with Gasteiger partial charge < -0.3 is 10.0 Å². The van der Waals surface area contributed by atoms with Crippen LogP contribution in [0.15, 0.2) is 83.8 Å². The smallest absolute Gasteiger partial charge is 0.240 e. The number of halogens is 2. The van der Waals surface area contributed by atoms with Crippen molar-refractivity contribution < 1.29 is 22.7 Å². The first-order valence-corrected chi connectivity index (χ1v) is 13.7. The molecule has 0 radical (unpaired) electrons. The third kappa shape index (κ3) is 7.85. The van der Waals surface area contributed by atoms with Gasteiger partial charge in [0.1, 0.15) is 5.82 Å². The lowest BCUT2D eigenvalue weighted by atomic mass is 10.0. The Bertz CT molecular complexity index is 1290. The number of nitrogens with zero attached hydrogens (tertiary/aromatic N) is 2. The zero-order valence-electron chi connectivity index (χ0n) is 21.2. The third-order valence-electron chi connectivity index (χ3n) is 6.69. The minimum Gasteiger partial charge on any atom is -0.392 e. The van der Waals surface area contributed by atoms with Gasteiger partial charge in [0.05, 0.1) is 23.5 Å². The van der Waals surface area contributed by atoms with Crippen molar-refractivity contribution in [2.24, 2.45) is 0 Å². The number of rotatable bonds is 10. The second-order valence-corrected chi connectivity index (χ2v) is 11.2. The fraction of sp³-hybridized carbons (Fsp3) is 0.321. The largest absolute Gasteiger partial charge is 0.392 e. The van der Waals surface area contributed by atoms with Crippen molar-refractivity contribution in [3.05, 3.63) is 101 Å². The number of carbonyl (C=O) groups is 1. The fourth-order valence-corrected chi connectivity index (χ4v) is 5.49. The molecular weight excluding hydrogens is 529 g/mol. The molecule has 0 saturated carbocycles. The average molecular weight is 562 g/mol. The van der Waals surface area contributed by atoms with Crippen LogP contribution in [0.2, 0.25) is 0 Å². The minimum atomic E-state index is -3.76. The first-order valence-electron chi connectivity index (χ1n) is 12.3. The summed E-state index contributed by atoms with van der Waals surface area (Å²) in [5, 5.41) is 9.93. The Labute approximate surface area is 229 Å². The first-order chi connectivity index (χ1) is 17.7. The van der Waals surface area contributed by atoms with Crippen molar-refractivity contribution >= 4 is 28.3 Å². The molecule has 3 aromatic carbocycles. The molecular formula is C28H33ClFN3O4S. The van der Waals surface area contributed by atoms with Gasteiger partial charge in [-0.25, -0.2) is 17.5 Å². The van der Waals surface area contributed by atoms with Crippen LogP contribution in [-0.4, -0.2) is 62.0 Å². The standard InChI is InChI=1S/C28H32FN3O4S.ClH/c1-31(27(23-5-3-2-4-6-23)20-32-16-15-25(33)19-32)28(34)17-21-7-9-22(10-8-21)18-30-37(35,36)26-13-11-24(29)12-14-26;/h2-14,25,27,30,33H,15-20H2,1H3;1H/t25-,27+;/m0./s1. The lowest BCUT2D eigenvalue weighted by Gasteiger charge is -2.32. The van der Waals surface area contributed by atoms with Gasteiger partial charge in [-0.1, -0.05) is 54.6 Å². The van der Waals surface area contributed by atoms with Crippen LogP contribution in [0.4, 0.5) is 4.39 Å². The molecule has 2 N–H and O–H groups in total. The molecule has 0 aliphatic carbocycles. The van der Waals surface area contributed by atoms with E-state index in [1.54, 1.807) is 17.0 Å². The van der Waals surface area contributed by atoms with E-state index in [0.29, 0.717) is 13.1 Å². The quantitative estimate of drug-likeness (QED) is 0.395. The maximum absolute atomic E-state index is 13.2. The van der Waals surface area contributed by atoms with E-state index in [9.17, 15) is 22.7 Å². The maximum atomic E-state index is 13.2. The van der Waals surface area contributed by atoms with Gasteiger partial charge >= 0.3 is 0 Å². The highest BCUT2D eigenvalue weighted by atomic mass is 35.5. The molecule has 1 aliphatic heterocycles. The van der Waals surface area contributed by atoms with Crippen LogP contribution in [0.1, 0.15) is 29.2 Å². The summed E-state index contributed by atoms with van der Waals surface area (Å²) in [7, 11) is -1.95. The number of β-amino-alcohol motifs (C(OH)–C–C–N with tert-alkyl or cyclic N) is 1. The molecule has 38 heavy (non-hydrogen) atoms. The summed E-state index contributed by atoms with van der Waals surface area (Å²) in [5.74, 6) is -0.530. The van der Waals surface area contributed by atoms with E-state index in [2.05, 4.69) is 9.62 Å². The van der Waals surface area contributed by atoms with Crippen molar-refractivity contribution in [3.8, 4) is 0 Å². The highest BCUT2D eigenvalue weighted by Gasteiger charge is 2.28. The number of amides is 1. The normalized spacial score (nSPS) is 16.6. The molecule has 7 nitrogen and oxygen atoms in total. The molecule has 2 atom stereocenters. The van der Waals surface area contributed by atoms with Gasteiger partial charge in [-0.2, -0.15) is 0 Å². The van der Waals surface area contributed by atoms with Gasteiger partial charge in [0, 0.05) is 33.2 Å². The molecule has 4 rings (SSSR count). The Morgan fingerprint density at radius 1 is 1.05 bits per heavy atom. The summed E-state index contributed by atoms with van der Waals surface area (Å²) in [4.78, 5) is 17.2. The average Bonchev–Trinajstić information content (AvgIpc) is 3.32. The van der Waals surface area contributed by atoms with Crippen LogP contribution >= 0.6 is 12.4 Å². The van der Waals surface area contributed by atoms with E-state index < -0.39 is 15.8 Å². The molecule has 204 valence electrons. The molecule has 3 aromatic rings. The monoisotopic (exact) mass is 561 g/mol. The molecule has 0 aromatic heterocycles. The van der Waals surface area contributed by atoms with E-state index in [1.165, 1.54) is 12.1 Å². The summed E-state index contributed by atoms with van der Waals surface area (Å²) in [6.07, 6.45) is 0.631. The van der Waals surface area contributed by atoms with Crippen molar-refractivity contribution in [2.75, 3.05) is 26.7 Å². The van der Waals surface area contributed by atoms with E-state index in [0.717, 1.165) is 41.8 Å². The van der Waals surface area contributed by atoms with Crippen molar-refractivity contribution in [1.82, 2.24) is 14.5 Å². The van der Waals surface area contributed by atoms with Crippen molar-refractivity contribution in [1.29, 1.82) is 0 Å². The molecule has 1 fully saturated rings. The van der Waals surface area contributed by atoms with Crippen LogP contribution in [0, 0.1) is 5.82 Å². The Balaban J connectivity index is 0.00000400. The van der Waals surface area contributed by atoms with E-state index in [4.69, 9.17) is 0 Å². The summed E-state index contributed by atoms with van der Waals surface area (Å²) in [6.45, 7) is 2.14. The zero-order valence-corrected chi connectivity index (χ0v) is 22.8. The number of sulfonamides is 1. The van der Waals surface area contributed by atoms with Gasteiger partial charge in [-0.05, 0) is 47.4 Å². The second-order valence-electron chi connectivity index (χ2n) is 9.40. The number of likely N-dealkylation sites (N-methyl/N-ethyl adjacent to an activating group) is 1. The van der Waals surface area contributed by atoms with Crippen LogP contribution in [0.3, 0.4) is 0 Å². The van der Waals surface area contributed by atoms with E-state index >= 15 is 0 Å². The molecule has 0 unspecified atom stereocenters. The molecule has 10 heteroatoms. The Hall–Kier alpha value is -2.82. The molecule has 1 saturated heterocycles. The number of nitrogens with one attached hydrogen (secondary N) is 1. The second kappa shape index (κ2) is 13.3. The van der Waals surface area contributed by atoms with E-state index in [1.807, 2.05) is 49.5 Å². The van der Waals surface area contributed by atoms with Crippen molar-refractivity contribution in [2.45, 2.75) is 36.4 Å². The van der Waals surface area contributed by atoms with Gasteiger partial charge in [-0.15, -0.1) is 12.4 Å². The lowest BCUT2D eigenvalue weighted by molar-refractivity contribution is -0.131. The molecule has 0 spiro atoms. The third-order valence-corrected chi connectivity index (χ3v) is 8.11. The van der Waals surface area contributed by atoms with Gasteiger partial charge in [-0.3, -0.25) is 9.69 Å². The summed E-state index contributed by atoms with van der Waals surface area (Å²) >= 11 is 0. The number of aliphatic hydroxyl groups excluding tert-OH is 1. The number of hydrogen-bond acceptors (Lipinski definition) is 5. The summed E-state index contributed by atoms with van der Waals surface area (Å²) in [5.41, 5.74) is 2.61. The number of hydrogen-bond donors (Lipinski definition) is 2. The Morgan fingerprint density at radius 3 is 2.29 bits per heavy atom. The number of aliphatic hydroxyl groups is 1. The van der Waals surface area contributed by atoms with Crippen LogP contribution in [0.25, 0.3) is 0 Å². The lowest BCUT2D eigenvalue weighted by Crippen LogP contribution is -2.39. The van der Waals surface area contributed by atoms with Gasteiger partial charge in [0.15, 0.2) is 0 Å². The highest BCUT2D eigenvalue weighted by Crippen LogP contribution is 2.24. The number of likely N-dealkylation sites (tertiary alicyclic amines) is 1. The van der Waals surface area contributed by atoms with Gasteiger partial charge in [0.2, 0.25) is 15.9 Å². The zero-order chi connectivity index (χ0) is 26.4. The SMILES string of the molecule is CN(C(=O)Cc1ccc(CNS(=O)(=O)c2ccc(F)cc2)cc1)[C@H](CN1CC[C@H](O)C1)c1ccccc1.Cl. The predicted molar refractivity (Wildman–Crippen MR) is 147 cm³/mol. The van der Waals surface area contributed by atoms with Gasteiger partial charge in [0.25, 0.3) is 0 Å². The molecule has 1 aliphatic rings. The van der Waals surface area contributed by atoms with Crippen LogP contribution in [0.5, 0.6) is 0 Å². The predicted octanol–water partition coefficient (Wildman–Crippen LogP) is 3.53. The molecule has 1 amide bonds. The number of carbonyl (C=O) groups excluding carboxylic acids is 1. The van der Waals surface area contributed by atoms with Crippen LogP contribution in [-0.2, 0) is 27.8 Å². The first kappa shape index (κ1) is 29.7. The highest BCUT2D eigenvalue weighted by molar-refractivity contribution is 7.89. The van der Waals surface area contributed by atoms with Crippen molar-refractivity contribution in [3.63, 3.8) is 0 Å². The van der Waals surface area contributed by atoms with E-state index in [-0.39, 0.29) is 48.3 Å². The molecule has 1 heterocycles. The summed E-state index contributed by atoms with van der Waals surface area (Å²) in [6, 6.07) is 21.6. The van der Waals surface area contributed by atoms with Crippen LogP contribution < -0.4 is 4.72 Å². The topological polar surface area (TPSA) is 90.0 Å². The Morgan fingerprint density at radius 2 is 1.68 bits per heavy atom. The Kier molecular flexibility index (Phi) is 10.4. The summed E-state index contributed by atoms with van der Waals surface area (Å²) < 4.78 is 40.4. The fourth-order valence-electron chi connectivity index (χ4n) is 4.47. The minimum absolute atomic E-state index is 0.